The van der Waals surface area contributed by atoms with Crippen molar-refractivity contribution < 1.29 is 4.39 Å². The monoisotopic (exact) mass is 224 g/mol. The molecule has 0 aliphatic rings. The zero-order chi connectivity index (χ0) is 10.8. The summed E-state index contributed by atoms with van der Waals surface area (Å²) in [6.07, 6.45) is 1.95. The molecule has 0 aliphatic heterocycles. The van der Waals surface area contributed by atoms with Crippen molar-refractivity contribution >= 4 is 21.6 Å². The van der Waals surface area contributed by atoms with Crippen LogP contribution in [-0.4, -0.2) is 4.98 Å². The van der Waals surface area contributed by atoms with Crippen molar-refractivity contribution in [1.82, 2.24) is 4.98 Å². The summed E-state index contributed by atoms with van der Waals surface area (Å²) in [4.78, 5) is 4.40. The Morgan fingerprint density at radius 3 is 3.07 bits per heavy atom. The molecular formula is C11H13FN2S. The SMILES string of the molecule is CCCC(N)c1nc2ccc(F)cc2s1. The predicted molar refractivity (Wildman–Crippen MR) is 61.4 cm³/mol. The summed E-state index contributed by atoms with van der Waals surface area (Å²) in [5, 5.41) is 0.900. The minimum Gasteiger partial charge on any atom is -0.322 e. The van der Waals surface area contributed by atoms with Gasteiger partial charge in [0.1, 0.15) is 10.8 Å². The first-order valence-electron chi connectivity index (χ1n) is 5.02. The van der Waals surface area contributed by atoms with E-state index in [9.17, 15) is 4.39 Å². The van der Waals surface area contributed by atoms with E-state index >= 15 is 0 Å². The molecule has 0 saturated heterocycles. The second kappa shape index (κ2) is 4.24. The number of thiazole rings is 1. The van der Waals surface area contributed by atoms with Crippen molar-refractivity contribution in [3.63, 3.8) is 0 Å². The highest BCUT2D eigenvalue weighted by Crippen LogP contribution is 2.27. The first-order chi connectivity index (χ1) is 7.20. The maximum atomic E-state index is 12.9. The van der Waals surface area contributed by atoms with Crippen LogP contribution in [0.1, 0.15) is 30.8 Å². The van der Waals surface area contributed by atoms with Crippen LogP contribution in [0.4, 0.5) is 4.39 Å². The highest BCUT2D eigenvalue weighted by atomic mass is 32.1. The van der Waals surface area contributed by atoms with Crippen LogP contribution in [0.5, 0.6) is 0 Å². The fourth-order valence-electron chi connectivity index (χ4n) is 1.51. The first-order valence-corrected chi connectivity index (χ1v) is 5.84. The molecule has 2 rings (SSSR count). The van der Waals surface area contributed by atoms with Crippen molar-refractivity contribution in [2.24, 2.45) is 5.73 Å². The quantitative estimate of drug-likeness (QED) is 0.869. The third kappa shape index (κ3) is 2.16. The van der Waals surface area contributed by atoms with Gasteiger partial charge in [0.2, 0.25) is 0 Å². The molecule has 1 heterocycles. The minimum absolute atomic E-state index is 0.0181. The van der Waals surface area contributed by atoms with Crippen molar-refractivity contribution in [2.75, 3.05) is 0 Å². The number of benzene rings is 1. The van der Waals surface area contributed by atoms with Crippen LogP contribution in [0.15, 0.2) is 18.2 Å². The van der Waals surface area contributed by atoms with Gasteiger partial charge in [-0.3, -0.25) is 0 Å². The summed E-state index contributed by atoms with van der Waals surface area (Å²) in [5.74, 6) is -0.221. The molecule has 1 atom stereocenters. The molecule has 2 nitrogen and oxygen atoms in total. The molecule has 4 heteroatoms. The second-order valence-corrected chi connectivity index (χ2v) is 4.62. The Hall–Kier alpha value is -1.000. The van der Waals surface area contributed by atoms with Crippen molar-refractivity contribution in [3.05, 3.63) is 29.0 Å². The molecule has 0 saturated carbocycles. The number of nitrogens with zero attached hydrogens (tertiary/aromatic N) is 1. The van der Waals surface area contributed by atoms with E-state index < -0.39 is 0 Å². The molecule has 1 aromatic heterocycles. The van der Waals surface area contributed by atoms with Crippen molar-refractivity contribution in [3.8, 4) is 0 Å². The van der Waals surface area contributed by atoms with Crippen LogP contribution in [-0.2, 0) is 0 Å². The van der Waals surface area contributed by atoms with E-state index in [0.29, 0.717) is 0 Å². The second-order valence-electron chi connectivity index (χ2n) is 3.56. The van der Waals surface area contributed by atoms with Crippen LogP contribution in [0.2, 0.25) is 0 Å². The average molecular weight is 224 g/mol. The molecule has 0 spiro atoms. The van der Waals surface area contributed by atoms with Gasteiger partial charge in [0, 0.05) is 0 Å². The van der Waals surface area contributed by atoms with Gasteiger partial charge < -0.3 is 5.73 Å². The van der Waals surface area contributed by atoms with Gasteiger partial charge in [-0.25, -0.2) is 9.37 Å². The average Bonchev–Trinajstić information content (AvgIpc) is 2.60. The standard InChI is InChI=1S/C11H13FN2S/c1-2-3-8(13)11-14-9-5-4-7(12)6-10(9)15-11/h4-6,8H,2-3,13H2,1H3. The van der Waals surface area contributed by atoms with Gasteiger partial charge >= 0.3 is 0 Å². The van der Waals surface area contributed by atoms with Gasteiger partial charge in [-0.05, 0) is 24.6 Å². The number of halogens is 1. The van der Waals surface area contributed by atoms with Crippen LogP contribution >= 0.6 is 11.3 Å². The number of hydrogen-bond donors (Lipinski definition) is 1. The summed E-state index contributed by atoms with van der Waals surface area (Å²) < 4.78 is 13.8. The third-order valence-corrected chi connectivity index (χ3v) is 3.43. The zero-order valence-electron chi connectivity index (χ0n) is 8.53. The fourth-order valence-corrected chi connectivity index (χ4v) is 2.54. The lowest BCUT2D eigenvalue weighted by atomic mass is 10.2. The lowest BCUT2D eigenvalue weighted by Crippen LogP contribution is -2.08. The number of rotatable bonds is 3. The summed E-state index contributed by atoms with van der Waals surface area (Å²) in [6.45, 7) is 2.09. The van der Waals surface area contributed by atoms with Crippen LogP contribution < -0.4 is 5.73 Å². The van der Waals surface area contributed by atoms with Gasteiger partial charge in [-0.1, -0.05) is 13.3 Å². The van der Waals surface area contributed by atoms with E-state index in [1.807, 2.05) is 0 Å². The van der Waals surface area contributed by atoms with Crippen LogP contribution in [0, 0.1) is 5.82 Å². The summed E-state index contributed by atoms with van der Waals surface area (Å²) in [5.41, 5.74) is 6.80. The Bertz CT molecular complexity index is 467. The summed E-state index contributed by atoms with van der Waals surface area (Å²) in [6, 6.07) is 4.62. The van der Waals surface area contributed by atoms with Gasteiger partial charge in [-0.2, -0.15) is 0 Å². The van der Waals surface area contributed by atoms with Crippen molar-refractivity contribution in [1.29, 1.82) is 0 Å². The molecule has 0 bridgehead atoms. The van der Waals surface area contributed by atoms with Crippen molar-refractivity contribution in [2.45, 2.75) is 25.8 Å². The topological polar surface area (TPSA) is 38.9 Å². The molecule has 80 valence electrons. The maximum Gasteiger partial charge on any atom is 0.124 e. The molecule has 1 aromatic carbocycles. The van der Waals surface area contributed by atoms with E-state index in [2.05, 4.69) is 11.9 Å². The highest BCUT2D eigenvalue weighted by Gasteiger charge is 2.11. The van der Waals surface area contributed by atoms with Gasteiger partial charge in [0.15, 0.2) is 0 Å². The molecule has 0 radical (unpaired) electrons. The Morgan fingerprint density at radius 2 is 2.33 bits per heavy atom. The van der Waals surface area contributed by atoms with E-state index in [4.69, 9.17) is 5.73 Å². The number of nitrogens with two attached hydrogens (primary N) is 1. The maximum absolute atomic E-state index is 12.9. The molecule has 0 aliphatic carbocycles. The zero-order valence-corrected chi connectivity index (χ0v) is 9.35. The highest BCUT2D eigenvalue weighted by molar-refractivity contribution is 7.18. The van der Waals surface area contributed by atoms with Crippen LogP contribution in [0.3, 0.4) is 0 Å². The van der Waals surface area contributed by atoms with Gasteiger partial charge in [-0.15, -0.1) is 11.3 Å². The predicted octanol–water partition coefficient (Wildman–Crippen LogP) is 3.24. The van der Waals surface area contributed by atoms with E-state index in [-0.39, 0.29) is 11.9 Å². The lowest BCUT2D eigenvalue weighted by Gasteiger charge is -2.04. The normalized spacial score (nSPS) is 13.3. The molecule has 0 amide bonds. The van der Waals surface area contributed by atoms with Gasteiger partial charge in [0.25, 0.3) is 0 Å². The Balaban J connectivity index is 2.38. The Kier molecular flexibility index (Phi) is 2.98. The van der Waals surface area contributed by atoms with Gasteiger partial charge in [0.05, 0.1) is 16.3 Å². The van der Waals surface area contributed by atoms with Crippen LogP contribution in [0.25, 0.3) is 10.2 Å². The van der Waals surface area contributed by atoms with E-state index in [1.165, 1.54) is 23.5 Å². The number of fused-ring (bicyclic) bond motifs is 1. The Labute approximate surface area is 91.9 Å². The molecule has 15 heavy (non-hydrogen) atoms. The number of aromatic nitrogens is 1. The fraction of sp³-hybridized carbons (Fsp3) is 0.364. The van der Waals surface area contributed by atoms with E-state index in [0.717, 1.165) is 28.1 Å². The lowest BCUT2D eigenvalue weighted by molar-refractivity contribution is 0.629. The molecular weight excluding hydrogens is 211 g/mol. The molecule has 2 N–H and O–H groups in total. The summed E-state index contributed by atoms with van der Waals surface area (Å²) in [7, 11) is 0. The summed E-state index contributed by atoms with van der Waals surface area (Å²) >= 11 is 1.48. The third-order valence-electron chi connectivity index (χ3n) is 2.28. The molecule has 1 unspecified atom stereocenters. The Morgan fingerprint density at radius 1 is 1.53 bits per heavy atom. The smallest absolute Gasteiger partial charge is 0.124 e. The first kappa shape index (κ1) is 10.5. The largest absolute Gasteiger partial charge is 0.322 e. The van der Waals surface area contributed by atoms with E-state index in [1.54, 1.807) is 6.07 Å². The molecule has 2 aromatic rings. The minimum atomic E-state index is -0.221. The molecule has 0 fully saturated rings. The number of hydrogen-bond acceptors (Lipinski definition) is 3.